The third-order valence-corrected chi connectivity index (χ3v) is 10.6. The molecule has 2 amide bonds. The molecule has 3 rings (SSSR count). The molecule has 1 saturated heterocycles. The first-order valence-corrected chi connectivity index (χ1v) is 15.3. The molecule has 1 aliphatic carbocycles. The normalized spacial score (nSPS) is 22.2. The molecule has 0 atom stereocenters. The van der Waals surface area contributed by atoms with Gasteiger partial charge < -0.3 is 9.64 Å². The van der Waals surface area contributed by atoms with Crippen molar-refractivity contribution in [1.82, 2.24) is 18.5 Å². The van der Waals surface area contributed by atoms with Crippen LogP contribution in [0.3, 0.4) is 0 Å². The highest BCUT2D eigenvalue weighted by Crippen LogP contribution is 2.33. The third kappa shape index (κ3) is 7.54. The summed E-state index contributed by atoms with van der Waals surface area (Å²) in [7, 11) is -0.380. The molecule has 0 radical (unpaired) electrons. The van der Waals surface area contributed by atoms with Crippen molar-refractivity contribution in [2.24, 2.45) is 5.92 Å². The summed E-state index contributed by atoms with van der Waals surface area (Å²) < 4.78 is 33.6. The number of aromatic nitrogens is 1. The number of piperidine rings is 1. The molecule has 198 valence electrons. The minimum absolute atomic E-state index is 0.0281. The summed E-state index contributed by atoms with van der Waals surface area (Å²) >= 11 is 2.67. The highest BCUT2D eigenvalue weighted by molar-refractivity contribution is 8.01. The number of anilines is 1. The first-order chi connectivity index (χ1) is 16.6. The lowest BCUT2D eigenvalue weighted by Crippen LogP contribution is -2.55. The Morgan fingerprint density at radius 2 is 1.80 bits per heavy atom. The van der Waals surface area contributed by atoms with Gasteiger partial charge in [0.2, 0.25) is 0 Å². The van der Waals surface area contributed by atoms with Crippen molar-refractivity contribution in [1.29, 1.82) is 0 Å². The van der Waals surface area contributed by atoms with Crippen molar-refractivity contribution in [2.45, 2.75) is 68.7 Å². The fourth-order valence-corrected chi connectivity index (χ4v) is 7.40. The SMILES string of the molecule is CCOC(=O)CSc1cnc(NC(=O)N(C2CCN(S(=O)(=O)N(C)C)CC2)[C@H]2CC[C@H](C)CC2)s1. The van der Waals surface area contributed by atoms with E-state index >= 15 is 0 Å². The molecule has 2 heterocycles. The number of nitrogens with one attached hydrogen (secondary N) is 1. The van der Waals surface area contributed by atoms with Gasteiger partial charge in [-0.25, -0.2) is 9.78 Å². The lowest BCUT2D eigenvalue weighted by molar-refractivity contribution is -0.139. The Hall–Kier alpha value is -1.41. The number of thiazole rings is 1. The van der Waals surface area contributed by atoms with E-state index in [2.05, 4.69) is 17.2 Å². The second-order valence-electron chi connectivity index (χ2n) is 9.25. The average Bonchev–Trinajstić information content (AvgIpc) is 3.27. The molecular weight excluding hydrogens is 510 g/mol. The fourth-order valence-electron chi connectivity index (χ4n) is 4.61. The summed E-state index contributed by atoms with van der Waals surface area (Å²) in [5, 5.41) is 3.45. The number of hydrogen-bond acceptors (Lipinski definition) is 8. The number of thioether (sulfide) groups is 1. The number of ether oxygens (including phenoxy) is 1. The van der Waals surface area contributed by atoms with Crippen molar-refractivity contribution in [3.63, 3.8) is 0 Å². The monoisotopic (exact) mass is 547 g/mol. The van der Waals surface area contributed by atoms with E-state index in [0.29, 0.717) is 43.6 Å². The lowest BCUT2D eigenvalue weighted by atomic mass is 9.85. The van der Waals surface area contributed by atoms with Crippen molar-refractivity contribution in [2.75, 3.05) is 44.9 Å². The first-order valence-electron chi connectivity index (χ1n) is 12.1. The number of esters is 1. The van der Waals surface area contributed by atoms with E-state index in [1.807, 2.05) is 4.90 Å². The van der Waals surface area contributed by atoms with Crippen molar-refractivity contribution < 1.29 is 22.7 Å². The quantitative estimate of drug-likeness (QED) is 0.372. The smallest absolute Gasteiger partial charge is 0.324 e. The number of amides is 2. The van der Waals surface area contributed by atoms with Crippen LogP contribution in [0.5, 0.6) is 0 Å². The molecule has 13 heteroatoms. The molecule has 0 unspecified atom stereocenters. The van der Waals surface area contributed by atoms with Gasteiger partial charge in [-0.05, 0) is 51.4 Å². The van der Waals surface area contributed by atoms with Crippen LogP contribution < -0.4 is 5.32 Å². The maximum absolute atomic E-state index is 13.5. The van der Waals surface area contributed by atoms with Crippen molar-refractivity contribution >= 4 is 50.4 Å². The number of rotatable bonds is 9. The molecule has 0 spiro atoms. The molecule has 0 aromatic carbocycles. The third-order valence-electron chi connectivity index (χ3n) is 6.55. The molecule has 1 aromatic rings. The summed E-state index contributed by atoms with van der Waals surface area (Å²) in [6.45, 7) is 5.15. The Kier molecular flexibility index (Phi) is 10.2. The number of hydrogen-bond donors (Lipinski definition) is 1. The van der Waals surface area contributed by atoms with Gasteiger partial charge in [-0.15, -0.1) is 11.8 Å². The molecule has 10 nitrogen and oxygen atoms in total. The topological polar surface area (TPSA) is 112 Å². The van der Waals surface area contributed by atoms with Gasteiger partial charge in [-0.1, -0.05) is 18.3 Å². The highest BCUT2D eigenvalue weighted by atomic mass is 32.2. The van der Waals surface area contributed by atoms with Crippen molar-refractivity contribution in [3.05, 3.63) is 6.20 Å². The van der Waals surface area contributed by atoms with E-state index in [4.69, 9.17) is 4.74 Å². The van der Waals surface area contributed by atoms with E-state index < -0.39 is 10.2 Å². The van der Waals surface area contributed by atoms with Gasteiger partial charge in [0.25, 0.3) is 10.2 Å². The fraction of sp³-hybridized carbons (Fsp3) is 0.773. The van der Waals surface area contributed by atoms with E-state index in [1.54, 1.807) is 13.1 Å². The molecule has 2 fully saturated rings. The zero-order chi connectivity index (χ0) is 25.6. The number of carbonyl (C=O) groups is 2. The first kappa shape index (κ1) is 28.2. The minimum atomic E-state index is -3.46. The minimum Gasteiger partial charge on any atom is -0.465 e. The van der Waals surface area contributed by atoms with Gasteiger partial charge >= 0.3 is 12.0 Å². The predicted octanol–water partition coefficient (Wildman–Crippen LogP) is 3.48. The maximum atomic E-state index is 13.5. The van der Waals surface area contributed by atoms with E-state index in [1.165, 1.54) is 45.8 Å². The van der Waals surface area contributed by atoms with Crippen LogP contribution in [-0.2, 0) is 19.7 Å². The van der Waals surface area contributed by atoms with E-state index in [-0.39, 0.29) is 29.8 Å². The van der Waals surface area contributed by atoms with Crippen molar-refractivity contribution in [3.8, 4) is 0 Å². The zero-order valence-corrected chi connectivity index (χ0v) is 23.4. The number of carbonyl (C=O) groups excluding carboxylic acids is 2. The number of urea groups is 1. The largest absolute Gasteiger partial charge is 0.465 e. The molecule has 35 heavy (non-hydrogen) atoms. The van der Waals surface area contributed by atoms with Crippen LogP contribution in [0.1, 0.15) is 52.4 Å². The standard InChI is InChI=1S/C22H37N5O5S3/c1-5-32-19(28)15-33-20-14-23-21(34-20)24-22(29)27(17-8-6-16(2)7-9-17)18-10-12-26(13-11-18)35(30,31)25(3)4/h14,16-18H,5-13,15H2,1-4H3,(H,23,24,29)/t16-,17-. The van der Waals surface area contributed by atoms with Crippen LogP contribution in [0.15, 0.2) is 10.4 Å². The zero-order valence-electron chi connectivity index (χ0n) is 20.9. The Balaban J connectivity index is 1.66. The molecule has 0 bridgehead atoms. The molecule has 1 aromatic heterocycles. The Morgan fingerprint density at radius 1 is 1.17 bits per heavy atom. The molecule has 1 aliphatic heterocycles. The summed E-state index contributed by atoms with van der Waals surface area (Å²) in [4.78, 5) is 31.4. The van der Waals surface area contributed by atoms with Gasteiger partial charge in [-0.2, -0.15) is 17.0 Å². The van der Waals surface area contributed by atoms with Crippen LogP contribution in [0.4, 0.5) is 9.93 Å². The highest BCUT2D eigenvalue weighted by Gasteiger charge is 2.37. The van der Waals surface area contributed by atoms with Crippen LogP contribution in [0.2, 0.25) is 0 Å². The molecule has 2 aliphatic rings. The second-order valence-corrected chi connectivity index (χ2v) is 13.7. The maximum Gasteiger partial charge on any atom is 0.324 e. The van der Waals surface area contributed by atoms with Crippen LogP contribution in [0, 0.1) is 5.92 Å². The Labute approximate surface area is 216 Å². The van der Waals surface area contributed by atoms with Crippen LogP contribution in [-0.4, -0.2) is 90.5 Å². The van der Waals surface area contributed by atoms with E-state index in [0.717, 1.165) is 29.9 Å². The van der Waals surface area contributed by atoms with Gasteiger partial charge in [-0.3, -0.25) is 10.1 Å². The van der Waals surface area contributed by atoms with Crippen LogP contribution >= 0.6 is 23.1 Å². The average molecular weight is 548 g/mol. The van der Waals surface area contributed by atoms with Gasteiger partial charge in [0.05, 0.1) is 22.8 Å². The Bertz CT molecular complexity index is 954. The molecule has 1 saturated carbocycles. The summed E-state index contributed by atoms with van der Waals surface area (Å²) in [6, 6.07) is -0.0831. The van der Waals surface area contributed by atoms with Gasteiger partial charge in [0, 0.05) is 39.3 Å². The predicted molar refractivity (Wildman–Crippen MR) is 139 cm³/mol. The number of nitrogens with zero attached hydrogens (tertiary/aromatic N) is 4. The summed E-state index contributed by atoms with van der Waals surface area (Å²) in [5.74, 6) is 0.572. The summed E-state index contributed by atoms with van der Waals surface area (Å²) in [6.07, 6.45) is 6.91. The van der Waals surface area contributed by atoms with E-state index in [9.17, 15) is 18.0 Å². The van der Waals surface area contributed by atoms with Gasteiger partial charge in [0.1, 0.15) is 0 Å². The molecule has 1 N–H and O–H groups in total. The van der Waals surface area contributed by atoms with Crippen LogP contribution in [0.25, 0.3) is 0 Å². The van der Waals surface area contributed by atoms with Gasteiger partial charge in [0.15, 0.2) is 5.13 Å². The molecular formula is C22H37N5O5S3. The lowest BCUT2D eigenvalue weighted by Gasteiger charge is -2.44. The second kappa shape index (κ2) is 12.7. The Morgan fingerprint density at radius 3 is 2.40 bits per heavy atom. The summed E-state index contributed by atoms with van der Waals surface area (Å²) in [5.41, 5.74) is 0.